The second-order valence-electron chi connectivity index (χ2n) is 6.34. The van der Waals surface area contributed by atoms with Gasteiger partial charge in [0.15, 0.2) is 0 Å². The molecule has 0 amide bonds. The zero-order valence-corrected chi connectivity index (χ0v) is 17.9. The van der Waals surface area contributed by atoms with Crippen molar-refractivity contribution in [1.29, 1.82) is 0 Å². The van der Waals surface area contributed by atoms with Gasteiger partial charge in [-0.3, -0.25) is 4.79 Å². The summed E-state index contributed by atoms with van der Waals surface area (Å²) in [6, 6.07) is 15.5. The van der Waals surface area contributed by atoms with Gasteiger partial charge in [-0.25, -0.2) is 4.98 Å². The number of esters is 1. The van der Waals surface area contributed by atoms with Crippen LogP contribution >= 0.6 is 22.9 Å². The molecule has 1 heterocycles. The van der Waals surface area contributed by atoms with Crippen molar-refractivity contribution in [2.45, 2.75) is 20.3 Å². The average Bonchev–Trinajstić information content (AvgIpc) is 3.21. The Bertz CT molecular complexity index is 998. The van der Waals surface area contributed by atoms with Crippen LogP contribution in [-0.4, -0.2) is 24.2 Å². The Hall–Kier alpha value is -2.63. The molecule has 0 aliphatic carbocycles. The molecule has 29 heavy (non-hydrogen) atoms. The fourth-order valence-electron chi connectivity index (χ4n) is 2.68. The molecule has 6 heteroatoms. The van der Waals surface area contributed by atoms with Crippen molar-refractivity contribution >= 4 is 34.5 Å². The van der Waals surface area contributed by atoms with Crippen molar-refractivity contribution in [2.24, 2.45) is 0 Å². The minimum atomic E-state index is -0.268. The van der Waals surface area contributed by atoms with Crippen LogP contribution < -0.4 is 4.74 Å². The maximum Gasteiger partial charge on any atom is 0.310 e. The number of benzene rings is 2. The van der Waals surface area contributed by atoms with E-state index in [9.17, 15) is 4.79 Å². The molecule has 0 N–H and O–H groups in total. The van der Waals surface area contributed by atoms with Crippen LogP contribution in [0, 0.1) is 0 Å². The summed E-state index contributed by atoms with van der Waals surface area (Å²) in [4.78, 5) is 17.2. The van der Waals surface area contributed by atoms with Crippen molar-refractivity contribution in [3.8, 4) is 16.3 Å². The molecule has 150 valence electrons. The van der Waals surface area contributed by atoms with E-state index in [1.54, 1.807) is 30.4 Å². The first kappa shape index (κ1) is 21.1. The van der Waals surface area contributed by atoms with E-state index in [1.165, 1.54) is 0 Å². The zero-order valence-electron chi connectivity index (χ0n) is 16.4. The lowest BCUT2D eigenvalue weighted by Crippen LogP contribution is -2.07. The molecule has 0 radical (unpaired) electrons. The van der Waals surface area contributed by atoms with Gasteiger partial charge in [-0.2, -0.15) is 0 Å². The van der Waals surface area contributed by atoms with E-state index in [1.807, 2.05) is 43.5 Å². The summed E-state index contributed by atoms with van der Waals surface area (Å²) >= 11 is 7.94. The number of carbonyl (C=O) groups excluding carboxylic acids is 1. The number of rotatable bonds is 8. The van der Waals surface area contributed by atoms with Crippen LogP contribution in [0.5, 0.6) is 5.75 Å². The zero-order chi connectivity index (χ0) is 20.6. The molecule has 4 nitrogen and oxygen atoms in total. The number of hydrogen-bond acceptors (Lipinski definition) is 5. The van der Waals surface area contributed by atoms with Crippen LogP contribution in [0.3, 0.4) is 0 Å². The fraction of sp³-hybridized carbons (Fsp3) is 0.217. The third-order valence-corrected chi connectivity index (χ3v) is 5.67. The molecule has 3 rings (SSSR count). The molecular weight excluding hydrogens is 406 g/mol. The van der Waals surface area contributed by atoms with Gasteiger partial charge in [0.25, 0.3) is 0 Å². The Morgan fingerprint density at radius 2 is 2.00 bits per heavy atom. The molecule has 0 saturated carbocycles. The highest BCUT2D eigenvalue weighted by Gasteiger charge is 2.09. The lowest BCUT2D eigenvalue weighted by molar-refractivity contribution is -0.142. The predicted octanol–water partition coefficient (Wildman–Crippen LogP) is 6.05. The van der Waals surface area contributed by atoms with Gasteiger partial charge < -0.3 is 9.47 Å². The van der Waals surface area contributed by atoms with Gasteiger partial charge in [-0.15, -0.1) is 11.3 Å². The van der Waals surface area contributed by atoms with Crippen molar-refractivity contribution in [3.63, 3.8) is 0 Å². The molecule has 2 aromatic carbocycles. The molecule has 1 aromatic heterocycles. The van der Waals surface area contributed by atoms with Gasteiger partial charge in [-0.05, 0) is 43.2 Å². The summed E-state index contributed by atoms with van der Waals surface area (Å²) in [6.45, 7) is 4.58. The second kappa shape index (κ2) is 10.2. The van der Waals surface area contributed by atoms with E-state index >= 15 is 0 Å². The first-order chi connectivity index (χ1) is 14.1. The summed E-state index contributed by atoms with van der Waals surface area (Å²) < 4.78 is 10.7. The van der Waals surface area contributed by atoms with Gasteiger partial charge in [0.1, 0.15) is 17.4 Å². The Morgan fingerprint density at radius 1 is 1.21 bits per heavy atom. The van der Waals surface area contributed by atoms with E-state index < -0.39 is 0 Å². The minimum absolute atomic E-state index is 0.196. The van der Waals surface area contributed by atoms with Crippen LogP contribution in [0.4, 0.5) is 0 Å². The Kier molecular flexibility index (Phi) is 7.44. The molecule has 3 aromatic rings. The maximum absolute atomic E-state index is 11.6. The highest BCUT2D eigenvalue weighted by molar-refractivity contribution is 7.16. The summed E-state index contributed by atoms with van der Waals surface area (Å²) in [6.07, 6.45) is 4.09. The van der Waals surface area contributed by atoms with Crippen molar-refractivity contribution in [1.82, 2.24) is 4.98 Å². The van der Waals surface area contributed by atoms with Crippen LogP contribution in [0.25, 0.3) is 16.1 Å². The Morgan fingerprint density at radius 3 is 2.72 bits per heavy atom. The Labute approximate surface area is 179 Å². The standard InChI is InChI=1S/C23H22ClNO3S/c1-3-27-22(26)14-17-9-10-20(19(24)13-17)28-12-11-16(2)21-15-25-23(29-21)18-7-5-4-6-8-18/h4-11,13,15H,3,12,14H2,1-2H3/b16-11+. The molecule has 0 saturated heterocycles. The topological polar surface area (TPSA) is 48.4 Å². The highest BCUT2D eigenvalue weighted by Crippen LogP contribution is 2.29. The number of halogens is 1. The van der Waals surface area contributed by atoms with E-state index in [-0.39, 0.29) is 12.4 Å². The highest BCUT2D eigenvalue weighted by atomic mass is 35.5. The first-order valence-corrected chi connectivity index (χ1v) is 10.5. The smallest absolute Gasteiger partial charge is 0.310 e. The number of aromatic nitrogens is 1. The molecule has 0 fully saturated rings. The maximum atomic E-state index is 11.6. The summed E-state index contributed by atoms with van der Waals surface area (Å²) in [5.41, 5.74) is 3.01. The fourth-order valence-corrected chi connectivity index (χ4v) is 3.85. The lowest BCUT2D eigenvalue weighted by atomic mass is 10.1. The summed E-state index contributed by atoms with van der Waals surface area (Å²) in [5.74, 6) is 0.313. The minimum Gasteiger partial charge on any atom is -0.488 e. The van der Waals surface area contributed by atoms with E-state index in [0.717, 1.165) is 26.6 Å². The Balaban J connectivity index is 1.59. The SMILES string of the molecule is CCOC(=O)Cc1ccc(OC/C=C(\C)c2cnc(-c3ccccc3)s2)c(Cl)c1. The van der Waals surface area contributed by atoms with Crippen molar-refractivity contribution in [2.75, 3.05) is 13.2 Å². The van der Waals surface area contributed by atoms with Crippen molar-refractivity contribution in [3.05, 3.63) is 76.3 Å². The van der Waals surface area contributed by atoms with E-state index in [0.29, 0.717) is 24.0 Å². The lowest BCUT2D eigenvalue weighted by Gasteiger charge is -2.08. The summed E-state index contributed by atoms with van der Waals surface area (Å²) in [7, 11) is 0. The molecule has 0 atom stereocenters. The molecule has 0 aliphatic heterocycles. The number of thiazole rings is 1. The van der Waals surface area contributed by atoms with Gasteiger partial charge in [0.2, 0.25) is 0 Å². The van der Waals surface area contributed by atoms with Crippen molar-refractivity contribution < 1.29 is 14.3 Å². The van der Waals surface area contributed by atoms with Gasteiger partial charge >= 0.3 is 5.97 Å². The third kappa shape index (κ3) is 5.92. The number of nitrogens with zero attached hydrogens (tertiary/aromatic N) is 1. The monoisotopic (exact) mass is 427 g/mol. The van der Waals surface area contributed by atoms with E-state index in [2.05, 4.69) is 17.1 Å². The largest absolute Gasteiger partial charge is 0.488 e. The second-order valence-corrected chi connectivity index (χ2v) is 7.78. The number of hydrogen-bond donors (Lipinski definition) is 0. The average molecular weight is 428 g/mol. The number of ether oxygens (including phenoxy) is 2. The quantitative estimate of drug-likeness (QED) is 0.410. The summed E-state index contributed by atoms with van der Waals surface area (Å²) in [5, 5.41) is 1.47. The molecule has 0 aliphatic rings. The van der Waals surface area contributed by atoms with Crippen LogP contribution in [-0.2, 0) is 16.0 Å². The van der Waals surface area contributed by atoms with Crippen LogP contribution in [0.15, 0.2) is 60.8 Å². The molecular formula is C23H22ClNO3S. The molecule has 0 spiro atoms. The predicted molar refractivity (Wildman–Crippen MR) is 118 cm³/mol. The molecule has 0 bridgehead atoms. The van der Waals surface area contributed by atoms with Crippen LogP contribution in [0.1, 0.15) is 24.3 Å². The third-order valence-electron chi connectivity index (χ3n) is 4.19. The van der Waals surface area contributed by atoms with E-state index in [4.69, 9.17) is 21.1 Å². The number of allylic oxidation sites excluding steroid dienone is 1. The van der Waals surface area contributed by atoms with Crippen LogP contribution in [0.2, 0.25) is 5.02 Å². The number of carbonyl (C=O) groups is 1. The molecule has 0 unspecified atom stereocenters. The van der Waals surface area contributed by atoms with Gasteiger partial charge in [0.05, 0.1) is 22.9 Å². The van der Waals surface area contributed by atoms with Gasteiger partial charge in [-0.1, -0.05) is 48.0 Å². The first-order valence-electron chi connectivity index (χ1n) is 9.32. The normalized spacial score (nSPS) is 11.3. The van der Waals surface area contributed by atoms with Gasteiger partial charge in [0, 0.05) is 11.8 Å².